The lowest BCUT2D eigenvalue weighted by molar-refractivity contribution is -0.134. The van der Waals surface area contributed by atoms with E-state index in [9.17, 15) is 9.90 Å². The Balaban J connectivity index is 1.90. The molecule has 0 aliphatic carbocycles. The molecule has 0 aromatic heterocycles. The van der Waals surface area contributed by atoms with E-state index in [1.807, 2.05) is 48.5 Å². The van der Waals surface area contributed by atoms with E-state index in [4.69, 9.17) is 9.47 Å². The monoisotopic (exact) mass is 302 g/mol. The van der Waals surface area contributed by atoms with Gasteiger partial charge >= 0.3 is 5.97 Å². The fourth-order valence-corrected chi connectivity index (χ4v) is 3.26. The average Bonchev–Trinajstić information content (AvgIpc) is 2.58. The highest BCUT2D eigenvalue weighted by atomic mass is 16.5. The molecule has 0 spiro atoms. The number of ether oxygens (including phenoxy) is 2. The molecule has 3 aromatic rings. The van der Waals surface area contributed by atoms with E-state index in [0.29, 0.717) is 5.75 Å². The second-order valence-corrected chi connectivity index (χ2v) is 5.53. The summed E-state index contributed by atoms with van der Waals surface area (Å²) in [6.45, 7) is 0. The van der Waals surface area contributed by atoms with E-state index in [-0.39, 0.29) is 5.76 Å². The minimum atomic E-state index is -1.08. The number of hydrogen-bond acceptors (Lipinski definition) is 3. The van der Waals surface area contributed by atoms with Gasteiger partial charge in [0.2, 0.25) is 5.76 Å². The van der Waals surface area contributed by atoms with E-state index in [0.717, 1.165) is 39.0 Å². The summed E-state index contributed by atoms with van der Waals surface area (Å²) in [5, 5.41) is 11.0. The Morgan fingerprint density at radius 3 is 2.43 bits per heavy atom. The van der Waals surface area contributed by atoms with E-state index in [1.165, 1.54) is 0 Å². The van der Waals surface area contributed by atoms with E-state index >= 15 is 0 Å². The van der Waals surface area contributed by atoms with Gasteiger partial charge < -0.3 is 14.6 Å². The summed E-state index contributed by atoms with van der Waals surface area (Å²) >= 11 is 0. The Morgan fingerprint density at radius 1 is 0.783 bits per heavy atom. The second kappa shape index (κ2) is 4.14. The van der Waals surface area contributed by atoms with Crippen LogP contribution in [0.1, 0.15) is 5.56 Å². The minimum Gasteiger partial charge on any atom is -0.475 e. The largest absolute Gasteiger partial charge is 0.475 e. The molecule has 2 aliphatic rings. The number of benzene rings is 3. The molecule has 0 unspecified atom stereocenters. The lowest BCUT2D eigenvalue weighted by Crippen LogP contribution is -2.11. The van der Waals surface area contributed by atoms with Gasteiger partial charge in [0, 0.05) is 16.3 Å². The van der Waals surface area contributed by atoms with E-state index in [2.05, 4.69) is 0 Å². The summed E-state index contributed by atoms with van der Waals surface area (Å²) in [7, 11) is 0. The van der Waals surface area contributed by atoms with Gasteiger partial charge in [0.15, 0.2) is 0 Å². The van der Waals surface area contributed by atoms with Gasteiger partial charge in [0.05, 0.1) is 0 Å². The van der Waals surface area contributed by atoms with Crippen molar-refractivity contribution in [3.05, 3.63) is 59.9 Å². The van der Waals surface area contributed by atoms with Gasteiger partial charge in [-0.3, -0.25) is 0 Å². The quantitative estimate of drug-likeness (QED) is 0.565. The van der Waals surface area contributed by atoms with Crippen molar-refractivity contribution in [3.8, 4) is 28.4 Å². The first kappa shape index (κ1) is 12.3. The molecular weight excluding hydrogens is 292 g/mol. The number of fused-ring (bicyclic) bond motifs is 2. The Hall–Kier alpha value is -3.27. The van der Waals surface area contributed by atoms with Crippen molar-refractivity contribution in [1.29, 1.82) is 0 Å². The third kappa shape index (κ3) is 1.57. The summed E-state index contributed by atoms with van der Waals surface area (Å²) < 4.78 is 11.5. The molecule has 2 aliphatic heterocycles. The van der Waals surface area contributed by atoms with E-state index < -0.39 is 5.97 Å². The van der Waals surface area contributed by atoms with Crippen LogP contribution in [0.3, 0.4) is 0 Å². The molecule has 110 valence electrons. The van der Waals surface area contributed by atoms with Crippen LogP contribution in [0.5, 0.6) is 17.2 Å². The van der Waals surface area contributed by atoms with Crippen LogP contribution in [0.4, 0.5) is 0 Å². The molecule has 0 saturated carbocycles. The summed E-state index contributed by atoms with van der Waals surface area (Å²) in [5.41, 5.74) is 2.92. The molecule has 3 aromatic carbocycles. The molecule has 2 heterocycles. The molecule has 4 heteroatoms. The van der Waals surface area contributed by atoms with Crippen LogP contribution in [0.25, 0.3) is 28.0 Å². The first-order valence-electron chi connectivity index (χ1n) is 7.22. The fraction of sp³-hybridized carbons (Fsp3) is 0. The SMILES string of the molecule is O=C(O)C1=Cc2ccc3c4c(ccc(c24)O1)-c1ccccc1O3. The molecule has 0 saturated heterocycles. The molecule has 4 nitrogen and oxygen atoms in total. The van der Waals surface area contributed by atoms with Crippen LogP contribution in [0.2, 0.25) is 0 Å². The highest BCUT2D eigenvalue weighted by Gasteiger charge is 2.26. The minimum absolute atomic E-state index is 0.0716. The molecule has 5 rings (SSSR count). The zero-order chi connectivity index (χ0) is 15.6. The summed E-state index contributed by atoms with van der Waals surface area (Å²) in [6, 6.07) is 15.4. The maximum atomic E-state index is 11.2. The number of carbonyl (C=O) groups is 1. The lowest BCUT2D eigenvalue weighted by Gasteiger charge is -2.25. The normalized spacial score (nSPS) is 13.7. The van der Waals surface area contributed by atoms with Gasteiger partial charge in [-0.15, -0.1) is 0 Å². The summed E-state index contributed by atoms with van der Waals surface area (Å²) in [4.78, 5) is 11.2. The number of rotatable bonds is 1. The molecule has 23 heavy (non-hydrogen) atoms. The molecular formula is C19H10O4. The first-order valence-corrected chi connectivity index (χ1v) is 7.22. The zero-order valence-corrected chi connectivity index (χ0v) is 11.9. The third-order valence-corrected chi connectivity index (χ3v) is 4.23. The highest BCUT2D eigenvalue weighted by Crippen LogP contribution is 2.50. The lowest BCUT2D eigenvalue weighted by atomic mass is 9.91. The number of carboxylic acid groups (broad SMARTS) is 1. The van der Waals surface area contributed by atoms with Crippen molar-refractivity contribution in [3.63, 3.8) is 0 Å². The first-order chi connectivity index (χ1) is 11.2. The zero-order valence-electron chi connectivity index (χ0n) is 11.9. The molecule has 1 N–H and O–H groups in total. The Labute approximate surface area is 131 Å². The molecule has 0 radical (unpaired) electrons. The van der Waals surface area contributed by atoms with Gasteiger partial charge in [0.1, 0.15) is 17.2 Å². The fourth-order valence-electron chi connectivity index (χ4n) is 3.26. The standard InChI is InChI=1S/C19H10O4/c20-19(21)16-9-10-5-7-15-18-12(6-8-14(23-16)17(10)18)11-3-1-2-4-13(11)22-15/h1-9H,(H,20,21). The van der Waals surface area contributed by atoms with Crippen molar-refractivity contribution in [2.24, 2.45) is 0 Å². The van der Waals surface area contributed by atoms with Crippen molar-refractivity contribution >= 4 is 22.8 Å². The summed E-state index contributed by atoms with van der Waals surface area (Å²) in [6.07, 6.45) is 1.55. The van der Waals surface area contributed by atoms with E-state index in [1.54, 1.807) is 6.08 Å². The predicted octanol–water partition coefficient (Wildman–Crippen LogP) is 4.43. The summed E-state index contributed by atoms with van der Waals surface area (Å²) in [5.74, 6) is 0.975. The van der Waals surface area contributed by atoms with Crippen molar-refractivity contribution in [2.75, 3.05) is 0 Å². The van der Waals surface area contributed by atoms with Crippen LogP contribution in [0.15, 0.2) is 54.3 Å². The molecule has 0 fully saturated rings. The second-order valence-electron chi connectivity index (χ2n) is 5.53. The van der Waals surface area contributed by atoms with Gasteiger partial charge in [-0.1, -0.05) is 24.3 Å². The van der Waals surface area contributed by atoms with Crippen LogP contribution in [0, 0.1) is 0 Å². The van der Waals surface area contributed by atoms with Crippen molar-refractivity contribution < 1.29 is 19.4 Å². The Kier molecular flexibility index (Phi) is 2.21. The Bertz CT molecular complexity index is 1050. The van der Waals surface area contributed by atoms with Crippen LogP contribution in [-0.4, -0.2) is 11.1 Å². The number of para-hydroxylation sites is 1. The van der Waals surface area contributed by atoms with Crippen molar-refractivity contribution in [1.82, 2.24) is 0 Å². The number of hydrogen-bond donors (Lipinski definition) is 1. The van der Waals surface area contributed by atoms with Gasteiger partial charge in [-0.2, -0.15) is 0 Å². The number of aliphatic carboxylic acids is 1. The average molecular weight is 302 g/mol. The molecule has 0 amide bonds. The highest BCUT2D eigenvalue weighted by molar-refractivity contribution is 6.11. The molecule has 0 atom stereocenters. The molecule has 0 bridgehead atoms. The van der Waals surface area contributed by atoms with Crippen LogP contribution < -0.4 is 9.47 Å². The maximum absolute atomic E-state index is 11.2. The number of carboxylic acids is 1. The third-order valence-electron chi connectivity index (χ3n) is 4.23. The van der Waals surface area contributed by atoms with Crippen molar-refractivity contribution in [2.45, 2.75) is 0 Å². The van der Waals surface area contributed by atoms with Crippen LogP contribution in [-0.2, 0) is 4.79 Å². The Morgan fingerprint density at radius 2 is 1.57 bits per heavy atom. The topological polar surface area (TPSA) is 55.8 Å². The van der Waals surface area contributed by atoms with Gasteiger partial charge in [0.25, 0.3) is 0 Å². The van der Waals surface area contributed by atoms with Crippen LogP contribution >= 0.6 is 0 Å². The maximum Gasteiger partial charge on any atom is 0.371 e. The van der Waals surface area contributed by atoms with Gasteiger partial charge in [-0.25, -0.2) is 4.79 Å². The van der Waals surface area contributed by atoms with Gasteiger partial charge in [-0.05, 0) is 41.5 Å². The smallest absolute Gasteiger partial charge is 0.371 e. The predicted molar refractivity (Wildman–Crippen MR) is 85.7 cm³/mol.